The van der Waals surface area contributed by atoms with Gasteiger partial charge >= 0.3 is 0 Å². The van der Waals surface area contributed by atoms with Crippen molar-refractivity contribution in [1.29, 1.82) is 0 Å². The summed E-state index contributed by atoms with van der Waals surface area (Å²) in [5.74, 6) is -0.682. The molecule has 0 aromatic heterocycles. The lowest BCUT2D eigenvalue weighted by molar-refractivity contribution is 0.0950. The second kappa shape index (κ2) is 9.08. The zero-order chi connectivity index (χ0) is 19.1. The molecule has 0 saturated carbocycles. The van der Waals surface area contributed by atoms with Crippen LogP contribution in [0.2, 0.25) is 0 Å². The standard InChI is InChI=1S/C20H25FN4O/c1-14(2)25(15(3)4)24-23-19-12-8-11-18(21)17(19)13-22-20(26)16-9-6-5-7-10-16/h5-12,14-15H,13H2,1-4H3,(H,22,26). The van der Waals surface area contributed by atoms with Crippen LogP contribution in [0.3, 0.4) is 0 Å². The Morgan fingerprint density at radius 3 is 2.31 bits per heavy atom. The number of hydrogen-bond acceptors (Lipinski definition) is 3. The van der Waals surface area contributed by atoms with Gasteiger partial charge in [0, 0.05) is 29.8 Å². The maximum absolute atomic E-state index is 14.3. The van der Waals surface area contributed by atoms with E-state index in [9.17, 15) is 9.18 Å². The molecule has 0 fully saturated rings. The highest BCUT2D eigenvalue weighted by atomic mass is 19.1. The van der Waals surface area contributed by atoms with Gasteiger partial charge in [-0.1, -0.05) is 29.5 Å². The fraction of sp³-hybridized carbons (Fsp3) is 0.350. The smallest absolute Gasteiger partial charge is 0.251 e. The monoisotopic (exact) mass is 356 g/mol. The number of amides is 1. The summed E-state index contributed by atoms with van der Waals surface area (Å²) in [6.07, 6.45) is 0. The number of benzene rings is 2. The molecule has 5 nitrogen and oxygen atoms in total. The minimum Gasteiger partial charge on any atom is -0.348 e. The Morgan fingerprint density at radius 1 is 1.04 bits per heavy atom. The molecule has 0 spiro atoms. The van der Waals surface area contributed by atoms with Crippen LogP contribution in [0.4, 0.5) is 10.1 Å². The van der Waals surface area contributed by atoms with E-state index in [2.05, 4.69) is 15.7 Å². The molecular formula is C20H25FN4O. The van der Waals surface area contributed by atoms with Crippen molar-refractivity contribution in [2.24, 2.45) is 10.3 Å². The SMILES string of the molecule is CC(C)N(N=Nc1cccc(F)c1CNC(=O)c1ccccc1)C(C)C. The summed E-state index contributed by atoms with van der Waals surface area (Å²) in [5, 5.41) is 13.1. The first-order chi connectivity index (χ1) is 12.4. The third-order valence-electron chi connectivity index (χ3n) is 3.87. The Morgan fingerprint density at radius 2 is 1.69 bits per heavy atom. The molecule has 0 atom stereocenters. The van der Waals surface area contributed by atoms with Crippen LogP contribution in [0.1, 0.15) is 43.6 Å². The average molecular weight is 356 g/mol. The normalized spacial score (nSPS) is 11.3. The van der Waals surface area contributed by atoms with Gasteiger partial charge in [0.1, 0.15) is 5.82 Å². The summed E-state index contributed by atoms with van der Waals surface area (Å²) >= 11 is 0. The Balaban J connectivity index is 2.17. The molecule has 0 saturated heterocycles. The average Bonchev–Trinajstić information content (AvgIpc) is 2.61. The minimum atomic E-state index is -0.421. The summed E-state index contributed by atoms with van der Waals surface area (Å²) in [7, 11) is 0. The quantitative estimate of drug-likeness (QED) is 0.568. The van der Waals surface area contributed by atoms with Crippen LogP contribution in [0.15, 0.2) is 58.9 Å². The first-order valence-corrected chi connectivity index (χ1v) is 8.70. The predicted molar refractivity (Wildman–Crippen MR) is 101 cm³/mol. The zero-order valence-corrected chi connectivity index (χ0v) is 15.6. The molecular weight excluding hydrogens is 331 g/mol. The first-order valence-electron chi connectivity index (χ1n) is 8.70. The van der Waals surface area contributed by atoms with Crippen molar-refractivity contribution in [1.82, 2.24) is 10.3 Å². The van der Waals surface area contributed by atoms with Gasteiger partial charge in [0.15, 0.2) is 0 Å². The van der Waals surface area contributed by atoms with E-state index in [1.807, 2.05) is 38.8 Å². The van der Waals surface area contributed by atoms with E-state index in [4.69, 9.17) is 0 Å². The van der Waals surface area contributed by atoms with Crippen LogP contribution in [0.5, 0.6) is 0 Å². The molecule has 2 aromatic rings. The van der Waals surface area contributed by atoms with Crippen molar-refractivity contribution in [2.75, 3.05) is 0 Å². The Kier molecular flexibility index (Phi) is 6.83. The molecule has 0 aliphatic rings. The minimum absolute atomic E-state index is 0.0398. The Hall–Kier alpha value is -2.76. The summed E-state index contributed by atoms with van der Waals surface area (Å²) in [4.78, 5) is 12.2. The maximum Gasteiger partial charge on any atom is 0.251 e. The van der Waals surface area contributed by atoms with E-state index < -0.39 is 5.82 Å². The first kappa shape index (κ1) is 19.6. The lowest BCUT2D eigenvalue weighted by Crippen LogP contribution is -2.31. The number of nitrogens with one attached hydrogen (secondary N) is 1. The molecule has 0 aliphatic carbocycles. The summed E-state index contributed by atoms with van der Waals surface area (Å²) in [6.45, 7) is 8.12. The summed E-state index contributed by atoms with van der Waals surface area (Å²) < 4.78 is 14.3. The highest BCUT2D eigenvalue weighted by Gasteiger charge is 2.13. The maximum atomic E-state index is 14.3. The van der Waals surface area contributed by atoms with Gasteiger partial charge in [0.25, 0.3) is 5.91 Å². The van der Waals surface area contributed by atoms with Crippen LogP contribution in [0.25, 0.3) is 0 Å². The molecule has 1 amide bonds. The topological polar surface area (TPSA) is 57.1 Å². The molecule has 26 heavy (non-hydrogen) atoms. The summed E-state index contributed by atoms with van der Waals surface area (Å²) in [5.41, 5.74) is 1.25. The van der Waals surface area contributed by atoms with Gasteiger partial charge in [0.05, 0.1) is 5.69 Å². The van der Waals surface area contributed by atoms with Gasteiger partial charge in [-0.25, -0.2) is 4.39 Å². The molecule has 0 bridgehead atoms. The molecule has 2 aromatic carbocycles. The van der Waals surface area contributed by atoms with Crippen LogP contribution in [0, 0.1) is 5.82 Å². The van der Waals surface area contributed by atoms with Crippen LogP contribution >= 0.6 is 0 Å². The molecule has 1 N–H and O–H groups in total. The second-order valence-electron chi connectivity index (χ2n) is 6.54. The van der Waals surface area contributed by atoms with E-state index in [0.717, 1.165) is 0 Å². The lowest BCUT2D eigenvalue weighted by Gasteiger charge is -2.25. The molecule has 0 aliphatic heterocycles. The molecule has 138 valence electrons. The number of carbonyl (C=O) groups is 1. The van der Waals surface area contributed by atoms with Gasteiger partial charge in [-0.3, -0.25) is 9.80 Å². The number of carbonyl (C=O) groups excluding carboxylic acids is 1. The Bertz CT molecular complexity index is 752. The number of hydrogen-bond donors (Lipinski definition) is 1. The van der Waals surface area contributed by atoms with E-state index in [1.165, 1.54) is 6.07 Å². The van der Waals surface area contributed by atoms with Gasteiger partial charge in [-0.05, 0) is 52.0 Å². The third-order valence-corrected chi connectivity index (χ3v) is 3.87. The summed E-state index contributed by atoms with van der Waals surface area (Å²) in [6, 6.07) is 13.8. The predicted octanol–water partition coefficient (Wildman–Crippen LogP) is 4.87. The largest absolute Gasteiger partial charge is 0.348 e. The van der Waals surface area contributed by atoms with E-state index in [1.54, 1.807) is 36.4 Å². The van der Waals surface area contributed by atoms with Crippen molar-refractivity contribution in [3.8, 4) is 0 Å². The fourth-order valence-corrected chi connectivity index (χ4v) is 2.58. The molecule has 0 radical (unpaired) electrons. The Labute approximate surface area is 153 Å². The fourth-order valence-electron chi connectivity index (χ4n) is 2.58. The van der Waals surface area contributed by atoms with Crippen LogP contribution in [-0.4, -0.2) is 23.0 Å². The van der Waals surface area contributed by atoms with Crippen LogP contribution in [-0.2, 0) is 6.54 Å². The van der Waals surface area contributed by atoms with Gasteiger partial charge < -0.3 is 5.32 Å². The van der Waals surface area contributed by atoms with Crippen molar-refractivity contribution < 1.29 is 9.18 Å². The van der Waals surface area contributed by atoms with Gasteiger partial charge in [-0.15, -0.1) is 5.11 Å². The van der Waals surface area contributed by atoms with Crippen molar-refractivity contribution in [3.05, 3.63) is 65.5 Å². The lowest BCUT2D eigenvalue weighted by atomic mass is 10.1. The second-order valence-corrected chi connectivity index (χ2v) is 6.54. The molecule has 0 heterocycles. The van der Waals surface area contributed by atoms with E-state index in [-0.39, 0.29) is 24.5 Å². The molecule has 2 rings (SSSR count). The highest BCUT2D eigenvalue weighted by molar-refractivity contribution is 5.94. The number of halogens is 1. The number of rotatable bonds is 7. The third kappa shape index (κ3) is 5.12. The molecule has 0 unspecified atom stereocenters. The number of nitrogens with zero attached hydrogens (tertiary/aromatic N) is 3. The van der Waals surface area contributed by atoms with Crippen LogP contribution < -0.4 is 5.32 Å². The van der Waals surface area contributed by atoms with Gasteiger partial charge in [0.2, 0.25) is 0 Å². The zero-order valence-electron chi connectivity index (χ0n) is 15.6. The highest BCUT2D eigenvalue weighted by Crippen LogP contribution is 2.23. The van der Waals surface area contributed by atoms with E-state index in [0.29, 0.717) is 16.8 Å². The van der Waals surface area contributed by atoms with E-state index >= 15 is 0 Å². The molecule has 6 heteroatoms. The van der Waals surface area contributed by atoms with Crippen molar-refractivity contribution in [2.45, 2.75) is 46.3 Å². The van der Waals surface area contributed by atoms with Gasteiger partial charge in [-0.2, -0.15) is 0 Å². The van der Waals surface area contributed by atoms with Crippen molar-refractivity contribution in [3.63, 3.8) is 0 Å². The van der Waals surface area contributed by atoms with Crippen molar-refractivity contribution >= 4 is 11.6 Å².